The van der Waals surface area contributed by atoms with E-state index in [0.717, 1.165) is 24.9 Å². The fourth-order valence-corrected chi connectivity index (χ4v) is 2.61. The molecule has 1 heterocycles. The van der Waals surface area contributed by atoms with Crippen LogP contribution < -0.4 is 5.32 Å². The van der Waals surface area contributed by atoms with Crippen molar-refractivity contribution in [2.75, 3.05) is 6.54 Å². The van der Waals surface area contributed by atoms with Gasteiger partial charge in [0.05, 0.1) is 6.42 Å². The van der Waals surface area contributed by atoms with Crippen LogP contribution in [-0.2, 0) is 17.6 Å². The average Bonchev–Trinajstić information content (AvgIpc) is 2.91. The summed E-state index contributed by atoms with van der Waals surface area (Å²) >= 11 is 1.72. The predicted molar refractivity (Wildman–Crippen MR) is 80.5 cm³/mol. The molecular weight excluding hydrogens is 254 g/mol. The summed E-state index contributed by atoms with van der Waals surface area (Å²) in [7, 11) is 0. The van der Waals surface area contributed by atoms with Crippen LogP contribution in [-0.4, -0.2) is 12.5 Å². The summed E-state index contributed by atoms with van der Waals surface area (Å²) < 4.78 is 0. The summed E-state index contributed by atoms with van der Waals surface area (Å²) in [6.45, 7) is 2.80. The zero-order chi connectivity index (χ0) is 13.5. The molecule has 19 heavy (non-hydrogen) atoms. The van der Waals surface area contributed by atoms with E-state index in [1.54, 1.807) is 11.3 Å². The molecule has 0 aliphatic carbocycles. The Labute approximate surface area is 118 Å². The van der Waals surface area contributed by atoms with Gasteiger partial charge in [0.15, 0.2) is 0 Å². The average molecular weight is 273 g/mol. The highest BCUT2D eigenvalue weighted by Crippen LogP contribution is 2.08. The van der Waals surface area contributed by atoms with Gasteiger partial charge in [-0.15, -0.1) is 0 Å². The highest BCUT2D eigenvalue weighted by molar-refractivity contribution is 7.07. The van der Waals surface area contributed by atoms with Crippen LogP contribution in [0.4, 0.5) is 0 Å². The normalized spacial score (nSPS) is 10.4. The number of benzene rings is 1. The van der Waals surface area contributed by atoms with E-state index in [2.05, 4.69) is 22.1 Å². The number of amides is 1. The summed E-state index contributed by atoms with van der Waals surface area (Å²) in [5, 5.41) is 7.22. The number of hydrogen-bond donors (Lipinski definition) is 1. The van der Waals surface area contributed by atoms with Crippen molar-refractivity contribution in [3.63, 3.8) is 0 Å². The quantitative estimate of drug-likeness (QED) is 0.804. The lowest BCUT2D eigenvalue weighted by Gasteiger charge is -2.05. The van der Waals surface area contributed by atoms with Crippen LogP contribution in [0.15, 0.2) is 41.1 Å². The lowest BCUT2D eigenvalue weighted by molar-refractivity contribution is -0.120. The Morgan fingerprint density at radius 3 is 2.63 bits per heavy atom. The molecule has 3 heteroatoms. The fraction of sp³-hybridized carbons (Fsp3) is 0.312. The topological polar surface area (TPSA) is 29.1 Å². The number of aryl methyl sites for hydroxylation is 2. The summed E-state index contributed by atoms with van der Waals surface area (Å²) in [4.78, 5) is 11.7. The van der Waals surface area contributed by atoms with Gasteiger partial charge >= 0.3 is 0 Å². The molecule has 0 fully saturated rings. The molecule has 0 radical (unpaired) electrons. The van der Waals surface area contributed by atoms with Crippen molar-refractivity contribution >= 4 is 17.2 Å². The molecule has 0 spiro atoms. The number of hydrogen-bond acceptors (Lipinski definition) is 2. The Hall–Kier alpha value is -1.61. The molecule has 1 N–H and O–H groups in total. The minimum absolute atomic E-state index is 0.106. The standard InChI is InChI=1S/C16H19NOS/c1-13-4-6-14(7-5-13)11-16(18)17-9-2-3-15-8-10-19-12-15/h4-8,10,12H,2-3,9,11H2,1H3,(H,17,18). The van der Waals surface area contributed by atoms with E-state index in [4.69, 9.17) is 0 Å². The molecule has 0 atom stereocenters. The van der Waals surface area contributed by atoms with Crippen molar-refractivity contribution in [3.8, 4) is 0 Å². The van der Waals surface area contributed by atoms with Crippen molar-refractivity contribution in [1.82, 2.24) is 5.32 Å². The first-order valence-electron chi connectivity index (χ1n) is 6.57. The molecule has 2 rings (SSSR count). The van der Waals surface area contributed by atoms with Gasteiger partial charge in [-0.2, -0.15) is 11.3 Å². The maximum Gasteiger partial charge on any atom is 0.224 e. The summed E-state index contributed by atoms with van der Waals surface area (Å²) in [6.07, 6.45) is 2.50. The van der Waals surface area contributed by atoms with Crippen molar-refractivity contribution < 1.29 is 4.79 Å². The van der Waals surface area contributed by atoms with Crippen LogP contribution in [0.1, 0.15) is 23.1 Å². The van der Waals surface area contributed by atoms with E-state index >= 15 is 0 Å². The Kier molecular flexibility index (Phi) is 5.16. The van der Waals surface area contributed by atoms with Gasteiger partial charge in [0.2, 0.25) is 5.91 Å². The Morgan fingerprint density at radius 2 is 1.95 bits per heavy atom. The summed E-state index contributed by atoms with van der Waals surface area (Å²) in [5.41, 5.74) is 3.65. The van der Waals surface area contributed by atoms with Gasteiger partial charge in [-0.1, -0.05) is 29.8 Å². The molecule has 0 aliphatic rings. The van der Waals surface area contributed by atoms with Crippen molar-refractivity contribution in [2.24, 2.45) is 0 Å². The second-order valence-electron chi connectivity index (χ2n) is 4.75. The number of rotatable bonds is 6. The van der Waals surface area contributed by atoms with Gasteiger partial charge in [0.25, 0.3) is 0 Å². The molecule has 0 aliphatic heterocycles. The van der Waals surface area contributed by atoms with E-state index in [0.29, 0.717) is 6.42 Å². The van der Waals surface area contributed by atoms with Gasteiger partial charge < -0.3 is 5.32 Å². The van der Waals surface area contributed by atoms with E-state index < -0.39 is 0 Å². The molecule has 1 aromatic heterocycles. The summed E-state index contributed by atoms with van der Waals surface area (Å²) in [5.74, 6) is 0.106. The smallest absolute Gasteiger partial charge is 0.224 e. The van der Waals surface area contributed by atoms with Gasteiger partial charge in [0.1, 0.15) is 0 Å². The fourth-order valence-electron chi connectivity index (χ4n) is 1.91. The molecule has 0 bridgehead atoms. The van der Waals surface area contributed by atoms with Crippen LogP contribution in [0, 0.1) is 6.92 Å². The maximum atomic E-state index is 11.7. The molecule has 1 aromatic carbocycles. The Morgan fingerprint density at radius 1 is 1.16 bits per heavy atom. The SMILES string of the molecule is Cc1ccc(CC(=O)NCCCc2ccsc2)cc1. The third kappa shape index (κ3) is 4.87. The van der Waals surface area contributed by atoms with Gasteiger partial charge in [-0.3, -0.25) is 4.79 Å². The molecule has 1 amide bonds. The Balaban J connectivity index is 1.65. The molecular formula is C16H19NOS. The van der Waals surface area contributed by atoms with Crippen molar-refractivity contribution in [1.29, 1.82) is 0 Å². The first-order valence-corrected chi connectivity index (χ1v) is 7.51. The van der Waals surface area contributed by atoms with E-state index in [9.17, 15) is 4.79 Å². The molecule has 2 nitrogen and oxygen atoms in total. The first-order chi connectivity index (χ1) is 9.24. The monoisotopic (exact) mass is 273 g/mol. The first kappa shape index (κ1) is 13.8. The van der Waals surface area contributed by atoms with Gasteiger partial charge in [-0.05, 0) is 47.7 Å². The minimum Gasteiger partial charge on any atom is -0.356 e. The van der Waals surface area contributed by atoms with Crippen LogP contribution in [0.2, 0.25) is 0 Å². The number of carbonyl (C=O) groups is 1. The molecule has 100 valence electrons. The lowest BCUT2D eigenvalue weighted by Crippen LogP contribution is -2.26. The third-order valence-corrected chi connectivity index (χ3v) is 3.76. The third-order valence-electron chi connectivity index (χ3n) is 3.03. The van der Waals surface area contributed by atoms with Crippen LogP contribution in [0.3, 0.4) is 0 Å². The zero-order valence-electron chi connectivity index (χ0n) is 11.2. The van der Waals surface area contributed by atoms with Gasteiger partial charge in [0, 0.05) is 6.54 Å². The van der Waals surface area contributed by atoms with Gasteiger partial charge in [-0.25, -0.2) is 0 Å². The number of carbonyl (C=O) groups excluding carboxylic acids is 1. The zero-order valence-corrected chi connectivity index (χ0v) is 12.0. The van der Waals surface area contributed by atoms with Crippen molar-refractivity contribution in [3.05, 3.63) is 57.8 Å². The lowest BCUT2D eigenvalue weighted by atomic mass is 10.1. The molecule has 0 saturated carbocycles. The highest BCUT2D eigenvalue weighted by Gasteiger charge is 2.02. The summed E-state index contributed by atoms with van der Waals surface area (Å²) in [6, 6.07) is 10.2. The highest BCUT2D eigenvalue weighted by atomic mass is 32.1. The van der Waals surface area contributed by atoms with Crippen LogP contribution in [0.5, 0.6) is 0 Å². The van der Waals surface area contributed by atoms with E-state index in [-0.39, 0.29) is 5.91 Å². The molecule has 2 aromatic rings. The molecule has 0 unspecified atom stereocenters. The van der Waals surface area contributed by atoms with Crippen LogP contribution >= 0.6 is 11.3 Å². The second-order valence-corrected chi connectivity index (χ2v) is 5.53. The predicted octanol–water partition coefficient (Wildman–Crippen LogP) is 3.35. The Bertz CT molecular complexity index is 502. The minimum atomic E-state index is 0.106. The van der Waals surface area contributed by atoms with Crippen LogP contribution in [0.25, 0.3) is 0 Å². The van der Waals surface area contributed by atoms with Crippen molar-refractivity contribution in [2.45, 2.75) is 26.2 Å². The number of thiophene rings is 1. The van der Waals surface area contributed by atoms with E-state index in [1.807, 2.05) is 31.2 Å². The largest absolute Gasteiger partial charge is 0.356 e. The maximum absolute atomic E-state index is 11.7. The number of nitrogens with one attached hydrogen (secondary N) is 1. The van der Waals surface area contributed by atoms with E-state index in [1.165, 1.54) is 11.1 Å². The second kappa shape index (κ2) is 7.10. The molecule has 0 saturated heterocycles.